The third-order valence-corrected chi connectivity index (χ3v) is 5.75. The van der Waals surface area contributed by atoms with Crippen LogP contribution < -0.4 is 14.8 Å². The van der Waals surface area contributed by atoms with Gasteiger partial charge in [-0.15, -0.1) is 0 Å². The molecule has 34 heavy (non-hydrogen) atoms. The minimum Gasteiger partial charge on any atom is -0.454 e. The molecule has 1 fully saturated rings. The largest absolute Gasteiger partial charge is 0.454 e. The summed E-state index contributed by atoms with van der Waals surface area (Å²) in [6, 6.07) is 8.79. The number of carbonyl (C=O) groups is 2. The number of hydrogen-bond acceptors (Lipinski definition) is 7. The second kappa shape index (κ2) is 9.92. The molecule has 5 rings (SSSR count). The summed E-state index contributed by atoms with van der Waals surface area (Å²) in [6.45, 7) is 1.92. The number of nitrogens with one attached hydrogen (secondary N) is 1. The first-order valence-corrected chi connectivity index (χ1v) is 11.2. The summed E-state index contributed by atoms with van der Waals surface area (Å²) >= 11 is 0. The van der Waals surface area contributed by atoms with Crippen molar-refractivity contribution in [1.29, 1.82) is 0 Å². The Bertz CT molecular complexity index is 1160. The number of benzene rings is 1. The first-order chi connectivity index (χ1) is 16.6. The maximum Gasteiger partial charge on any atom is 0.255 e. The van der Waals surface area contributed by atoms with E-state index >= 15 is 0 Å². The molecule has 1 N–H and O–H groups in total. The van der Waals surface area contributed by atoms with Crippen LogP contribution >= 0.6 is 0 Å². The molecule has 4 heterocycles. The molecule has 0 radical (unpaired) electrons. The number of aromatic nitrogens is 3. The molecule has 0 bridgehead atoms. The lowest BCUT2D eigenvalue weighted by Gasteiger charge is -2.25. The van der Waals surface area contributed by atoms with E-state index in [1.807, 2.05) is 12.1 Å². The maximum atomic E-state index is 13.1. The van der Waals surface area contributed by atoms with Gasteiger partial charge in [0.15, 0.2) is 11.5 Å². The maximum absolute atomic E-state index is 13.1. The third-order valence-electron chi connectivity index (χ3n) is 5.75. The minimum absolute atomic E-state index is 0.0416. The summed E-state index contributed by atoms with van der Waals surface area (Å²) in [4.78, 5) is 31.6. The van der Waals surface area contributed by atoms with Gasteiger partial charge in [-0.1, -0.05) is 0 Å². The third kappa shape index (κ3) is 5.18. The summed E-state index contributed by atoms with van der Waals surface area (Å²) in [5, 5.41) is 7.05. The van der Waals surface area contributed by atoms with Gasteiger partial charge in [0, 0.05) is 43.9 Å². The molecule has 0 aliphatic carbocycles. The van der Waals surface area contributed by atoms with Crippen molar-refractivity contribution >= 4 is 17.5 Å². The fourth-order valence-corrected chi connectivity index (χ4v) is 3.99. The van der Waals surface area contributed by atoms with E-state index in [-0.39, 0.29) is 31.3 Å². The molecule has 10 nitrogen and oxygen atoms in total. The topological polar surface area (TPSA) is 108 Å². The summed E-state index contributed by atoms with van der Waals surface area (Å²) in [7, 11) is 0. The Kier molecular flexibility index (Phi) is 6.39. The smallest absolute Gasteiger partial charge is 0.255 e. The molecule has 0 spiro atoms. The van der Waals surface area contributed by atoms with Crippen molar-refractivity contribution in [2.45, 2.75) is 32.0 Å². The van der Waals surface area contributed by atoms with Gasteiger partial charge in [0.2, 0.25) is 12.7 Å². The highest BCUT2D eigenvalue weighted by molar-refractivity contribution is 6.04. The Morgan fingerprint density at radius 3 is 2.82 bits per heavy atom. The van der Waals surface area contributed by atoms with Crippen molar-refractivity contribution in [3.8, 4) is 11.5 Å². The lowest BCUT2D eigenvalue weighted by Crippen LogP contribution is -2.39. The average Bonchev–Trinajstić information content (AvgIpc) is 3.61. The Labute approximate surface area is 196 Å². The lowest BCUT2D eigenvalue weighted by molar-refractivity contribution is -0.134. The van der Waals surface area contributed by atoms with Gasteiger partial charge in [-0.05, 0) is 48.7 Å². The van der Waals surface area contributed by atoms with Crippen LogP contribution in [0.15, 0.2) is 55.1 Å². The standard InChI is InChI=1S/C24H25N5O5/c30-23(28(14-20-2-1-9-32-20)12-17-5-7-25-8-6-17)15-29-13-19(11-26-29)27-24(31)18-3-4-21-22(10-18)34-16-33-21/h3-8,10-11,13,20H,1-2,9,12,14-16H2,(H,27,31)/t20-/m0/s1. The predicted octanol–water partition coefficient (Wildman–Crippen LogP) is 2.47. The van der Waals surface area contributed by atoms with Crippen molar-refractivity contribution in [3.05, 3.63) is 66.2 Å². The van der Waals surface area contributed by atoms with Crippen LogP contribution in [0, 0.1) is 0 Å². The van der Waals surface area contributed by atoms with Crippen LogP contribution in [0.2, 0.25) is 0 Å². The Balaban J connectivity index is 1.22. The number of ether oxygens (including phenoxy) is 3. The Morgan fingerprint density at radius 1 is 1.15 bits per heavy atom. The monoisotopic (exact) mass is 463 g/mol. The number of pyridine rings is 1. The number of amides is 2. The second-order valence-electron chi connectivity index (χ2n) is 8.21. The fourth-order valence-electron chi connectivity index (χ4n) is 3.99. The van der Waals surface area contributed by atoms with E-state index in [4.69, 9.17) is 14.2 Å². The first kappa shape index (κ1) is 21.9. The van der Waals surface area contributed by atoms with Crippen molar-refractivity contribution in [1.82, 2.24) is 19.7 Å². The highest BCUT2D eigenvalue weighted by Gasteiger charge is 2.23. The predicted molar refractivity (Wildman–Crippen MR) is 121 cm³/mol. The molecule has 1 saturated heterocycles. The quantitative estimate of drug-likeness (QED) is 0.547. The number of rotatable bonds is 8. The van der Waals surface area contributed by atoms with Gasteiger partial charge in [0.25, 0.3) is 5.91 Å². The molecule has 2 amide bonds. The highest BCUT2D eigenvalue weighted by Crippen LogP contribution is 2.32. The fraction of sp³-hybridized carbons (Fsp3) is 0.333. The SMILES string of the molecule is O=C(Nc1cnn(CC(=O)N(Cc2ccncc2)C[C@@H]2CCCO2)c1)c1ccc2c(c1)OCO2. The normalized spacial score (nSPS) is 16.4. The van der Waals surface area contributed by atoms with Gasteiger partial charge in [0.1, 0.15) is 6.54 Å². The van der Waals surface area contributed by atoms with E-state index in [2.05, 4.69) is 15.4 Å². The molecule has 2 aliphatic heterocycles. The molecule has 2 aromatic heterocycles. The van der Waals surface area contributed by atoms with Crippen LogP contribution in [0.3, 0.4) is 0 Å². The van der Waals surface area contributed by atoms with E-state index in [0.717, 1.165) is 25.0 Å². The number of fused-ring (bicyclic) bond motifs is 1. The van der Waals surface area contributed by atoms with E-state index in [1.165, 1.54) is 10.9 Å². The number of hydrogen-bond donors (Lipinski definition) is 1. The summed E-state index contributed by atoms with van der Waals surface area (Å²) < 4.78 is 17.9. The molecule has 0 unspecified atom stereocenters. The zero-order chi connectivity index (χ0) is 23.3. The van der Waals surface area contributed by atoms with Crippen molar-refractivity contribution in [2.24, 2.45) is 0 Å². The summed E-state index contributed by atoms with van der Waals surface area (Å²) in [6.07, 6.45) is 8.58. The molecule has 3 aromatic rings. The van der Waals surface area contributed by atoms with Crippen LogP contribution in [-0.2, 0) is 22.6 Å². The number of nitrogens with zero attached hydrogens (tertiary/aromatic N) is 4. The summed E-state index contributed by atoms with van der Waals surface area (Å²) in [5.74, 6) is 0.766. The second-order valence-corrected chi connectivity index (χ2v) is 8.21. The Hall–Kier alpha value is -3.92. The zero-order valence-electron chi connectivity index (χ0n) is 18.6. The summed E-state index contributed by atoms with van der Waals surface area (Å²) in [5.41, 5.74) is 1.93. The molecular weight excluding hydrogens is 438 g/mol. The number of anilines is 1. The van der Waals surface area contributed by atoms with Crippen LogP contribution in [0.1, 0.15) is 28.8 Å². The van der Waals surface area contributed by atoms with Crippen molar-refractivity contribution in [2.75, 3.05) is 25.3 Å². The van der Waals surface area contributed by atoms with Crippen LogP contribution in [0.4, 0.5) is 5.69 Å². The molecule has 0 saturated carbocycles. The minimum atomic E-state index is -0.304. The van der Waals surface area contributed by atoms with Crippen molar-refractivity contribution in [3.63, 3.8) is 0 Å². The van der Waals surface area contributed by atoms with Gasteiger partial charge in [0.05, 0.1) is 18.0 Å². The van der Waals surface area contributed by atoms with E-state index in [1.54, 1.807) is 41.7 Å². The van der Waals surface area contributed by atoms with Gasteiger partial charge in [-0.2, -0.15) is 5.10 Å². The van der Waals surface area contributed by atoms with Gasteiger partial charge < -0.3 is 24.4 Å². The van der Waals surface area contributed by atoms with Crippen LogP contribution in [-0.4, -0.2) is 57.5 Å². The molecule has 1 aromatic carbocycles. The molecule has 1 atom stereocenters. The Morgan fingerprint density at radius 2 is 2.00 bits per heavy atom. The average molecular weight is 463 g/mol. The molecule has 2 aliphatic rings. The van der Waals surface area contributed by atoms with E-state index in [9.17, 15) is 9.59 Å². The van der Waals surface area contributed by atoms with E-state index < -0.39 is 0 Å². The van der Waals surface area contributed by atoms with Gasteiger partial charge >= 0.3 is 0 Å². The highest BCUT2D eigenvalue weighted by atomic mass is 16.7. The lowest BCUT2D eigenvalue weighted by atomic mass is 10.2. The zero-order valence-corrected chi connectivity index (χ0v) is 18.6. The number of carbonyl (C=O) groups excluding carboxylic acids is 2. The van der Waals surface area contributed by atoms with E-state index in [0.29, 0.717) is 35.8 Å². The first-order valence-electron chi connectivity index (χ1n) is 11.2. The molecular formula is C24H25N5O5. The van der Waals surface area contributed by atoms with Gasteiger partial charge in [-0.3, -0.25) is 19.3 Å². The molecule has 10 heteroatoms. The van der Waals surface area contributed by atoms with Crippen molar-refractivity contribution < 1.29 is 23.8 Å². The van der Waals surface area contributed by atoms with Crippen LogP contribution in [0.5, 0.6) is 11.5 Å². The molecule has 176 valence electrons. The van der Waals surface area contributed by atoms with Gasteiger partial charge in [-0.25, -0.2) is 0 Å². The van der Waals surface area contributed by atoms with Crippen LogP contribution in [0.25, 0.3) is 0 Å².